The third-order valence-corrected chi connectivity index (χ3v) is 4.24. The molecule has 0 aliphatic heterocycles. The van der Waals surface area contributed by atoms with E-state index in [-0.39, 0.29) is 0 Å². The van der Waals surface area contributed by atoms with Crippen LogP contribution in [-0.2, 0) is 6.54 Å². The molecule has 0 aromatic carbocycles. The van der Waals surface area contributed by atoms with Gasteiger partial charge in [-0.2, -0.15) is 0 Å². The van der Waals surface area contributed by atoms with E-state index in [1.807, 2.05) is 6.07 Å². The second-order valence-corrected chi connectivity index (χ2v) is 6.08. The molecule has 6 nitrogen and oxygen atoms in total. The van der Waals surface area contributed by atoms with E-state index in [4.69, 9.17) is 15.2 Å². The summed E-state index contributed by atoms with van der Waals surface area (Å²) in [4.78, 5) is 9.40. The molecule has 21 heavy (non-hydrogen) atoms. The highest BCUT2D eigenvalue weighted by molar-refractivity contribution is 5.39. The summed E-state index contributed by atoms with van der Waals surface area (Å²) >= 11 is 0. The van der Waals surface area contributed by atoms with Gasteiger partial charge in [0.15, 0.2) is 0 Å². The first-order valence-electron chi connectivity index (χ1n) is 7.55. The zero-order valence-electron chi connectivity index (χ0n) is 11.8. The summed E-state index contributed by atoms with van der Waals surface area (Å²) < 4.78 is 4.84. The molecule has 0 amide bonds. The fraction of sp³-hybridized carbons (Fsp3) is 0.533. The standard InChI is InChI=1S/C15H19N5O/c16-11-5-10(6-11)13-7-14(17-8-12-3-4-21-20-12)19-15(18-13)9-1-2-9/h3-4,7,9-11H,1-2,5-6,8,16H2,(H,17,18,19). The van der Waals surface area contributed by atoms with Crippen molar-refractivity contribution in [3.63, 3.8) is 0 Å². The third-order valence-electron chi connectivity index (χ3n) is 4.24. The molecule has 110 valence electrons. The Morgan fingerprint density at radius 1 is 1.24 bits per heavy atom. The maximum absolute atomic E-state index is 5.90. The molecule has 2 aliphatic rings. The number of aromatic nitrogens is 3. The van der Waals surface area contributed by atoms with Crippen molar-refractivity contribution in [3.8, 4) is 0 Å². The Kier molecular flexibility index (Phi) is 3.11. The van der Waals surface area contributed by atoms with Crippen molar-refractivity contribution in [1.82, 2.24) is 15.1 Å². The molecule has 3 N–H and O–H groups in total. The lowest BCUT2D eigenvalue weighted by Gasteiger charge is -2.32. The van der Waals surface area contributed by atoms with Crippen LogP contribution in [0.25, 0.3) is 0 Å². The van der Waals surface area contributed by atoms with Crippen LogP contribution in [0.5, 0.6) is 0 Å². The van der Waals surface area contributed by atoms with E-state index < -0.39 is 0 Å². The number of hydrogen-bond acceptors (Lipinski definition) is 6. The third kappa shape index (κ3) is 2.76. The van der Waals surface area contributed by atoms with Gasteiger partial charge in [0.2, 0.25) is 0 Å². The monoisotopic (exact) mass is 285 g/mol. The number of rotatable bonds is 5. The Hall–Kier alpha value is -1.95. The summed E-state index contributed by atoms with van der Waals surface area (Å²) in [6, 6.07) is 4.24. The van der Waals surface area contributed by atoms with Crippen LogP contribution in [0.15, 0.2) is 22.9 Å². The second-order valence-electron chi connectivity index (χ2n) is 6.08. The zero-order valence-corrected chi connectivity index (χ0v) is 11.8. The molecule has 6 heteroatoms. The molecule has 2 heterocycles. The minimum Gasteiger partial charge on any atom is -0.364 e. The molecule has 0 unspecified atom stereocenters. The quantitative estimate of drug-likeness (QED) is 0.875. The van der Waals surface area contributed by atoms with E-state index in [0.717, 1.165) is 35.9 Å². The van der Waals surface area contributed by atoms with Crippen LogP contribution in [0.3, 0.4) is 0 Å². The van der Waals surface area contributed by atoms with Crippen LogP contribution in [-0.4, -0.2) is 21.2 Å². The van der Waals surface area contributed by atoms with Crippen LogP contribution in [0.4, 0.5) is 5.82 Å². The van der Waals surface area contributed by atoms with Crippen LogP contribution in [0.1, 0.15) is 54.7 Å². The molecule has 0 bridgehead atoms. The van der Waals surface area contributed by atoms with Crippen LogP contribution in [0.2, 0.25) is 0 Å². The number of nitrogens with zero attached hydrogens (tertiary/aromatic N) is 3. The van der Waals surface area contributed by atoms with E-state index >= 15 is 0 Å². The Bertz CT molecular complexity index is 617. The van der Waals surface area contributed by atoms with E-state index in [0.29, 0.717) is 24.4 Å². The van der Waals surface area contributed by atoms with Crippen molar-refractivity contribution in [2.45, 2.75) is 50.1 Å². The molecule has 2 aliphatic carbocycles. The van der Waals surface area contributed by atoms with Gasteiger partial charge in [-0.25, -0.2) is 9.97 Å². The Morgan fingerprint density at radius 3 is 2.76 bits per heavy atom. The number of anilines is 1. The first-order chi connectivity index (χ1) is 10.3. The molecule has 2 aromatic heterocycles. The van der Waals surface area contributed by atoms with Crippen molar-refractivity contribution in [2.24, 2.45) is 5.73 Å². The normalized spacial score (nSPS) is 24.6. The van der Waals surface area contributed by atoms with Gasteiger partial charge in [0, 0.05) is 35.7 Å². The lowest BCUT2D eigenvalue weighted by atomic mass is 9.78. The van der Waals surface area contributed by atoms with Gasteiger partial charge in [-0.1, -0.05) is 5.16 Å². The predicted octanol–water partition coefficient (Wildman–Crippen LogP) is 2.16. The summed E-state index contributed by atoms with van der Waals surface area (Å²) in [7, 11) is 0. The van der Waals surface area contributed by atoms with Gasteiger partial charge in [-0.05, 0) is 25.7 Å². The molecular weight excluding hydrogens is 266 g/mol. The van der Waals surface area contributed by atoms with Crippen molar-refractivity contribution >= 4 is 5.82 Å². The molecule has 0 atom stereocenters. The average Bonchev–Trinajstić information content (AvgIpc) is 3.18. The largest absolute Gasteiger partial charge is 0.364 e. The SMILES string of the molecule is NC1CC(c2cc(NCc3ccon3)nc(C3CC3)n2)C1. The van der Waals surface area contributed by atoms with E-state index in [9.17, 15) is 0 Å². The van der Waals surface area contributed by atoms with Gasteiger partial charge < -0.3 is 15.6 Å². The molecule has 0 radical (unpaired) electrons. The van der Waals surface area contributed by atoms with E-state index in [1.54, 1.807) is 6.26 Å². The average molecular weight is 285 g/mol. The first-order valence-corrected chi connectivity index (χ1v) is 7.55. The Labute approximate surface area is 123 Å². The Morgan fingerprint density at radius 2 is 2.10 bits per heavy atom. The first kappa shape index (κ1) is 12.8. The summed E-state index contributed by atoms with van der Waals surface area (Å²) in [6.45, 7) is 0.612. The molecule has 2 aromatic rings. The summed E-state index contributed by atoms with van der Waals surface area (Å²) in [5, 5.41) is 7.22. The smallest absolute Gasteiger partial charge is 0.134 e. The van der Waals surface area contributed by atoms with Crippen molar-refractivity contribution < 1.29 is 4.52 Å². The van der Waals surface area contributed by atoms with Gasteiger partial charge in [-0.3, -0.25) is 0 Å². The predicted molar refractivity (Wildman–Crippen MR) is 77.8 cm³/mol. The molecule has 2 fully saturated rings. The second kappa shape index (κ2) is 5.11. The minimum absolute atomic E-state index is 0.334. The van der Waals surface area contributed by atoms with Crippen LogP contribution < -0.4 is 11.1 Å². The van der Waals surface area contributed by atoms with Crippen molar-refractivity contribution in [3.05, 3.63) is 35.6 Å². The van der Waals surface area contributed by atoms with Crippen molar-refractivity contribution in [2.75, 3.05) is 5.32 Å². The summed E-state index contributed by atoms with van der Waals surface area (Å²) in [6.07, 6.45) is 6.05. The number of nitrogens with one attached hydrogen (secondary N) is 1. The van der Waals surface area contributed by atoms with Gasteiger partial charge in [0.1, 0.15) is 23.6 Å². The summed E-state index contributed by atoms with van der Waals surface area (Å²) in [5.74, 6) is 2.90. The maximum Gasteiger partial charge on any atom is 0.134 e. The minimum atomic E-state index is 0.334. The summed E-state index contributed by atoms with van der Waals surface area (Å²) in [5.41, 5.74) is 7.90. The van der Waals surface area contributed by atoms with Crippen LogP contribution >= 0.6 is 0 Å². The van der Waals surface area contributed by atoms with E-state index in [2.05, 4.69) is 21.5 Å². The lowest BCUT2D eigenvalue weighted by Crippen LogP contribution is -2.35. The fourth-order valence-electron chi connectivity index (χ4n) is 2.72. The van der Waals surface area contributed by atoms with Gasteiger partial charge >= 0.3 is 0 Å². The highest BCUT2D eigenvalue weighted by Crippen LogP contribution is 2.41. The van der Waals surface area contributed by atoms with Crippen LogP contribution in [0, 0.1) is 0 Å². The number of hydrogen-bond donors (Lipinski definition) is 2. The van der Waals surface area contributed by atoms with Gasteiger partial charge in [0.05, 0.1) is 6.54 Å². The highest BCUT2D eigenvalue weighted by Gasteiger charge is 2.32. The molecular formula is C15H19N5O. The van der Waals surface area contributed by atoms with Gasteiger partial charge in [0.25, 0.3) is 0 Å². The molecule has 2 saturated carbocycles. The Balaban J connectivity index is 1.53. The topological polar surface area (TPSA) is 89.9 Å². The molecule has 4 rings (SSSR count). The fourth-order valence-corrected chi connectivity index (χ4v) is 2.72. The zero-order chi connectivity index (χ0) is 14.2. The maximum atomic E-state index is 5.90. The lowest BCUT2D eigenvalue weighted by molar-refractivity contribution is 0.344. The molecule has 0 spiro atoms. The highest BCUT2D eigenvalue weighted by atomic mass is 16.5. The van der Waals surface area contributed by atoms with Crippen molar-refractivity contribution in [1.29, 1.82) is 0 Å². The van der Waals surface area contributed by atoms with E-state index in [1.165, 1.54) is 12.8 Å². The van der Waals surface area contributed by atoms with Gasteiger partial charge in [-0.15, -0.1) is 0 Å². The number of nitrogens with two attached hydrogens (primary N) is 1. The molecule has 0 saturated heterocycles.